The van der Waals surface area contributed by atoms with Gasteiger partial charge in [0.15, 0.2) is 0 Å². The number of aliphatic hydroxyl groups excluding tert-OH is 2. The Bertz CT molecular complexity index is 385. The lowest BCUT2D eigenvalue weighted by molar-refractivity contribution is 0.0337. The Morgan fingerprint density at radius 3 is 2.50 bits per heavy atom. The van der Waals surface area contributed by atoms with E-state index < -0.39 is 6.10 Å². The molecular formula is C16H25NO3. The molecule has 2 N–H and O–H groups in total. The lowest BCUT2D eigenvalue weighted by Gasteiger charge is -2.30. The highest BCUT2D eigenvalue weighted by atomic mass is 16.5. The molecule has 0 bridgehead atoms. The molecule has 1 aromatic carbocycles. The predicted octanol–water partition coefficient (Wildman–Crippen LogP) is 1.45. The van der Waals surface area contributed by atoms with Crippen LogP contribution in [-0.2, 0) is 6.42 Å². The molecule has 0 radical (unpaired) electrons. The Labute approximate surface area is 121 Å². The van der Waals surface area contributed by atoms with Crippen LogP contribution in [0, 0.1) is 0 Å². The highest BCUT2D eigenvalue weighted by Gasteiger charge is 2.19. The molecule has 1 heterocycles. The third-order valence-electron chi connectivity index (χ3n) is 3.80. The summed E-state index contributed by atoms with van der Waals surface area (Å²) in [5.74, 6) is 0.801. The maximum Gasteiger partial charge on any atom is 0.119 e. The van der Waals surface area contributed by atoms with E-state index in [2.05, 4.69) is 11.8 Å². The molecule has 1 aliphatic heterocycles. The van der Waals surface area contributed by atoms with E-state index in [0.29, 0.717) is 13.2 Å². The van der Waals surface area contributed by atoms with Gasteiger partial charge >= 0.3 is 0 Å². The number of nitrogens with zero attached hydrogens (tertiary/aromatic N) is 1. The van der Waals surface area contributed by atoms with Crippen LogP contribution in [-0.4, -0.2) is 53.6 Å². The van der Waals surface area contributed by atoms with E-state index in [9.17, 15) is 10.2 Å². The fourth-order valence-corrected chi connectivity index (χ4v) is 2.47. The maximum atomic E-state index is 10.0. The van der Waals surface area contributed by atoms with Crippen molar-refractivity contribution in [1.29, 1.82) is 0 Å². The van der Waals surface area contributed by atoms with Crippen LogP contribution in [0.4, 0.5) is 0 Å². The molecule has 0 amide bonds. The fourth-order valence-electron chi connectivity index (χ4n) is 2.47. The second-order valence-corrected chi connectivity index (χ2v) is 5.49. The molecule has 1 aliphatic rings. The molecule has 1 fully saturated rings. The summed E-state index contributed by atoms with van der Waals surface area (Å²) in [7, 11) is 0. The number of ether oxygens (including phenoxy) is 1. The molecule has 0 aliphatic carbocycles. The third-order valence-corrected chi connectivity index (χ3v) is 3.80. The Morgan fingerprint density at radius 2 is 1.90 bits per heavy atom. The summed E-state index contributed by atoms with van der Waals surface area (Å²) in [5.41, 5.74) is 1.28. The first-order valence-electron chi connectivity index (χ1n) is 7.47. The van der Waals surface area contributed by atoms with Crippen LogP contribution in [0.3, 0.4) is 0 Å². The zero-order chi connectivity index (χ0) is 14.4. The number of hydrogen-bond acceptors (Lipinski definition) is 4. The Morgan fingerprint density at radius 1 is 1.25 bits per heavy atom. The Balaban J connectivity index is 1.70. The van der Waals surface area contributed by atoms with Gasteiger partial charge in [0.1, 0.15) is 18.5 Å². The highest BCUT2D eigenvalue weighted by molar-refractivity contribution is 5.27. The van der Waals surface area contributed by atoms with Crippen molar-refractivity contribution >= 4 is 0 Å². The van der Waals surface area contributed by atoms with Crippen LogP contribution < -0.4 is 4.74 Å². The van der Waals surface area contributed by atoms with Gasteiger partial charge in [0.2, 0.25) is 0 Å². The number of aryl methyl sites for hydroxylation is 1. The summed E-state index contributed by atoms with van der Waals surface area (Å²) in [6.45, 7) is 4.74. The molecule has 2 rings (SSSR count). The van der Waals surface area contributed by atoms with Crippen LogP contribution >= 0.6 is 0 Å². The third kappa shape index (κ3) is 4.78. The summed E-state index contributed by atoms with van der Waals surface area (Å²) in [6, 6.07) is 7.99. The molecule has 4 nitrogen and oxygen atoms in total. The van der Waals surface area contributed by atoms with Crippen molar-refractivity contribution in [2.75, 3.05) is 26.2 Å². The van der Waals surface area contributed by atoms with Crippen LogP contribution in [0.1, 0.15) is 25.3 Å². The fraction of sp³-hybridized carbons (Fsp3) is 0.625. The van der Waals surface area contributed by atoms with Crippen LogP contribution in [0.25, 0.3) is 0 Å². The van der Waals surface area contributed by atoms with E-state index in [-0.39, 0.29) is 6.10 Å². The molecule has 0 spiro atoms. The number of hydrogen-bond donors (Lipinski definition) is 2. The van der Waals surface area contributed by atoms with Gasteiger partial charge in [-0.3, -0.25) is 0 Å². The van der Waals surface area contributed by atoms with E-state index in [1.165, 1.54) is 5.56 Å². The summed E-state index contributed by atoms with van der Waals surface area (Å²) in [5, 5.41) is 19.4. The normalized spacial score (nSPS) is 18.9. The smallest absolute Gasteiger partial charge is 0.119 e. The van der Waals surface area contributed by atoms with E-state index in [1.807, 2.05) is 24.3 Å². The van der Waals surface area contributed by atoms with Gasteiger partial charge < -0.3 is 19.8 Å². The summed E-state index contributed by atoms with van der Waals surface area (Å²) >= 11 is 0. The van der Waals surface area contributed by atoms with Crippen LogP contribution in [0.5, 0.6) is 5.75 Å². The SMILES string of the molecule is CCc1ccc(OC[C@H](O)CN2CCC(O)CC2)cc1. The van der Waals surface area contributed by atoms with Crippen LogP contribution in [0.15, 0.2) is 24.3 Å². The average Bonchev–Trinajstić information content (AvgIpc) is 2.48. The lowest BCUT2D eigenvalue weighted by Crippen LogP contribution is -2.41. The van der Waals surface area contributed by atoms with E-state index >= 15 is 0 Å². The summed E-state index contributed by atoms with van der Waals surface area (Å²) in [4.78, 5) is 2.18. The minimum atomic E-state index is -0.490. The zero-order valence-corrected chi connectivity index (χ0v) is 12.2. The monoisotopic (exact) mass is 279 g/mol. The molecule has 20 heavy (non-hydrogen) atoms. The minimum Gasteiger partial charge on any atom is -0.491 e. The number of piperidine rings is 1. The number of benzene rings is 1. The largest absolute Gasteiger partial charge is 0.491 e. The Kier molecular flexibility index (Phi) is 5.83. The number of aliphatic hydroxyl groups is 2. The van der Waals surface area contributed by atoms with Crippen molar-refractivity contribution in [2.45, 2.75) is 38.4 Å². The number of likely N-dealkylation sites (tertiary alicyclic amines) is 1. The standard InChI is InChI=1S/C16H25NO3/c1-2-13-3-5-16(6-4-13)20-12-15(19)11-17-9-7-14(18)8-10-17/h3-6,14-15,18-19H,2,7-12H2,1H3/t15-/m1/s1. The molecule has 1 atom stereocenters. The van der Waals surface area contributed by atoms with Gasteiger partial charge in [0.05, 0.1) is 6.10 Å². The first-order valence-corrected chi connectivity index (χ1v) is 7.47. The van der Waals surface area contributed by atoms with Crippen molar-refractivity contribution in [2.24, 2.45) is 0 Å². The van der Waals surface area contributed by atoms with Gasteiger partial charge in [0.25, 0.3) is 0 Å². The van der Waals surface area contributed by atoms with E-state index in [4.69, 9.17) is 4.74 Å². The molecule has 4 heteroatoms. The van der Waals surface area contributed by atoms with Crippen molar-refractivity contribution in [3.8, 4) is 5.75 Å². The molecule has 0 aromatic heterocycles. The molecule has 1 saturated heterocycles. The molecule has 1 aromatic rings. The number of β-amino-alcohol motifs (C(OH)–C–C–N with tert-alkyl or cyclic N) is 1. The highest BCUT2D eigenvalue weighted by Crippen LogP contribution is 2.14. The second kappa shape index (κ2) is 7.62. The first-order chi connectivity index (χ1) is 9.67. The van der Waals surface area contributed by atoms with Crippen molar-refractivity contribution in [1.82, 2.24) is 4.90 Å². The van der Waals surface area contributed by atoms with Gasteiger partial charge in [-0.1, -0.05) is 19.1 Å². The predicted molar refractivity (Wildman–Crippen MR) is 79.0 cm³/mol. The van der Waals surface area contributed by atoms with Crippen molar-refractivity contribution < 1.29 is 14.9 Å². The molecule has 112 valence electrons. The first kappa shape index (κ1) is 15.3. The van der Waals surface area contributed by atoms with E-state index in [0.717, 1.165) is 38.1 Å². The maximum absolute atomic E-state index is 10.0. The van der Waals surface area contributed by atoms with Gasteiger partial charge in [-0.2, -0.15) is 0 Å². The van der Waals surface area contributed by atoms with Crippen LogP contribution in [0.2, 0.25) is 0 Å². The second-order valence-electron chi connectivity index (χ2n) is 5.49. The average molecular weight is 279 g/mol. The summed E-state index contributed by atoms with van der Waals surface area (Å²) < 4.78 is 5.60. The van der Waals surface area contributed by atoms with Gasteiger partial charge in [-0.25, -0.2) is 0 Å². The van der Waals surface area contributed by atoms with Gasteiger partial charge in [0, 0.05) is 19.6 Å². The van der Waals surface area contributed by atoms with Gasteiger partial charge in [-0.15, -0.1) is 0 Å². The lowest BCUT2D eigenvalue weighted by atomic mass is 10.1. The Hall–Kier alpha value is -1.10. The molecule has 0 unspecified atom stereocenters. The molecular weight excluding hydrogens is 254 g/mol. The van der Waals surface area contributed by atoms with Crippen molar-refractivity contribution in [3.05, 3.63) is 29.8 Å². The van der Waals surface area contributed by atoms with Gasteiger partial charge in [-0.05, 0) is 37.0 Å². The summed E-state index contributed by atoms with van der Waals surface area (Å²) in [6.07, 6.45) is 1.95. The topological polar surface area (TPSA) is 52.9 Å². The van der Waals surface area contributed by atoms with E-state index in [1.54, 1.807) is 0 Å². The minimum absolute atomic E-state index is 0.170. The quantitative estimate of drug-likeness (QED) is 0.827. The van der Waals surface area contributed by atoms with Crippen molar-refractivity contribution in [3.63, 3.8) is 0 Å². The number of rotatable bonds is 6. The molecule has 0 saturated carbocycles. The zero-order valence-electron chi connectivity index (χ0n) is 12.2.